The number of hydrogen-bond acceptors (Lipinski definition) is 6. The van der Waals surface area contributed by atoms with Gasteiger partial charge >= 0.3 is 0 Å². The predicted molar refractivity (Wildman–Crippen MR) is 156 cm³/mol. The van der Waals surface area contributed by atoms with Crippen LogP contribution in [0.2, 0.25) is 0 Å². The Morgan fingerprint density at radius 1 is 0.951 bits per heavy atom. The number of ether oxygens (including phenoxy) is 1. The van der Waals surface area contributed by atoms with E-state index in [1.54, 1.807) is 29.4 Å². The highest BCUT2D eigenvalue weighted by molar-refractivity contribution is 5.98. The molecule has 0 saturated carbocycles. The number of carbonyl (C=O) groups is 2. The van der Waals surface area contributed by atoms with E-state index in [1.165, 1.54) is 0 Å². The third-order valence-electron chi connectivity index (χ3n) is 6.97. The minimum atomic E-state index is -0.255. The Labute approximate surface area is 237 Å². The average Bonchev–Trinajstić information content (AvgIpc) is 3.57. The van der Waals surface area contributed by atoms with Gasteiger partial charge < -0.3 is 19.9 Å². The van der Waals surface area contributed by atoms with Crippen molar-refractivity contribution in [1.82, 2.24) is 25.3 Å². The molecule has 0 bridgehead atoms. The molecule has 2 N–H and O–H groups in total. The van der Waals surface area contributed by atoms with Crippen LogP contribution in [0.25, 0.3) is 33.9 Å². The smallest absolute Gasteiger partial charge is 0.267 e. The molecule has 2 aromatic carbocycles. The molecule has 0 fully saturated rings. The van der Waals surface area contributed by atoms with Crippen molar-refractivity contribution in [3.05, 3.63) is 103 Å². The fourth-order valence-electron chi connectivity index (χ4n) is 4.88. The van der Waals surface area contributed by atoms with Gasteiger partial charge in [0.1, 0.15) is 18.0 Å². The highest BCUT2D eigenvalue weighted by Crippen LogP contribution is 2.38. The van der Waals surface area contributed by atoms with E-state index in [0.717, 1.165) is 28.1 Å². The summed E-state index contributed by atoms with van der Waals surface area (Å²) in [6.45, 7) is 2.84. The quantitative estimate of drug-likeness (QED) is 0.296. The van der Waals surface area contributed by atoms with Crippen LogP contribution >= 0.6 is 0 Å². The average molecular weight is 545 g/mol. The molecule has 41 heavy (non-hydrogen) atoms. The number of pyridine rings is 1. The molecule has 9 heteroatoms. The van der Waals surface area contributed by atoms with Gasteiger partial charge in [0.05, 0.1) is 17.9 Å². The molecule has 1 aliphatic rings. The number of aromatic nitrogens is 4. The normalized spacial score (nSPS) is 12.4. The van der Waals surface area contributed by atoms with Crippen molar-refractivity contribution < 1.29 is 14.3 Å². The Morgan fingerprint density at radius 2 is 1.63 bits per heavy atom. The predicted octanol–water partition coefficient (Wildman–Crippen LogP) is 5.05. The number of carbonyl (C=O) groups excluding carboxylic acids is 2. The monoisotopic (exact) mass is 544 g/mol. The molecule has 3 aromatic heterocycles. The van der Waals surface area contributed by atoms with Gasteiger partial charge in [-0.3, -0.25) is 9.59 Å². The summed E-state index contributed by atoms with van der Waals surface area (Å²) in [7, 11) is 0. The van der Waals surface area contributed by atoms with Crippen LogP contribution in [0.5, 0.6) is 5.88 Å². The van der Waals surface area contributed by atoms with Gasteiger partial charge in [0.25, 0.3) is 5.91 Å². The van der Waals surface area contributed by atoms with Crippen LogP contribution in [-0.4, -0.2) is 51.4 Å². The van der Waals surface area contributed by atoms with E-state index in [-0.39, 0.29) is 24.8 Å². The minimum absolute atomic E-state index is 0.132. The SMILES string of the molecule is Cc1c(-c2nc(-c3ccccc3)cc(-c3ccccc3)n2)cnc2c1N(C(=O)CCNC(=O)c1ccc[nH]1)CCO2. The second kappa shape index (κ2) is 11.4. The Kier molecular flexibility index (Phi) is 7.23. The summed E-state index contributed by atoms with van der Waals surface area (Å²) < 4.78 is 5.83. The number of H-pyrrole nitrogens is 1. The number of aromatic amines is 1. The van der Waals surface area contributed by atoms with E-state index in [2.05, 4.69) is 15.3 Å². The molecule has 204 valence electrons. The van der Waals surface area contributed by atoms with Crippen LogP contribution in [0, 0.1) is 6.92 Å². The molecule has 0 radical (unpaired) electrons. The van der Waals surface area contributed by atoms with Gasteiger partial charge in [-0.25, -0.2) is 15.0 Å². The van der Waals surface area contributed by atoms with Crippen molar-refractivity contribution in [2.75, 3.05) is 24.6 Å². The summed E-state index contributed by atoms with van der Waals surface area (Å²) in [5, 5.41) is 2.79. The van der Waals surface area contributed by atoms with Crippen LogP contribution in [0.4, 0.5) is 5.69 Å². The lowest BCUT2D eigenvalue weighted by Crippen LogP contribution is -2.40. The summed E-state index contributed by atoms with van der Waals surface area (Å²) >= 11 is 0. The Bertz CT molecular complexity index is 1630. The van der Waals surface area contributed by atoms with Gasteiger partial charge in [-0.1, -0.05) is 60.7 Å². The molecule has 0 saturated heterocycles. The zero-order valence-corrected chi connectivity index (χ0v) is 22.5. The first-order valence-corrected chi connectivity index (χ1v) is 13.4. The molecule has 4 heterocycles. The molecular weight excluding hydrogens is 516 g/mol. The van der Waals surface area contributed by atoms with Crippen LogP contribution < -0.4 is 15.0 Å². The molecule has 1 aliphatic heterocycles. The zero-order chi connectivity index (χ0) is 28.2. The molecular formula is C32H28N6O3. The maximum atomic E-state index is 13.4. The summed E-state index contributed by atoms with van der Waals surface area (Å²) in [6, 6.07) is 25.3. The number of benzene rings is 2. The highest BCUT2D eigenvalue weighted by atomic mass is 16.5. The fraction of sp³-hybridized carbons (Fsp3) is 0.156. The van der Waals surface area contributed by atoms with Gasteiger partial charge in [0, 0.05) is 42.0 Å². The number of fused-ring (bicyclic) bond motifs is 1. The standard InChI is InChI=1S/C32H28N6O3/c1-21-24(30-36-26(22-9-4-2-5-10-22)19-27(37-30)23-11-6-3-7-12-23)20-35-32-29(21)38(17-18-41-32)28(39)14-16-34-31(40)25-13-8-15-33-25/h2-13,15,19-20,33H,14,16-18H2,1H3,(H,34,40). The van der Waals surface area contributed by atoms with Crippen molar-refractivity contribution in [2.45, 2.75) is 13.3 Å². The van der Waals surface area contributed by atoms with Gasteiger partial charge in [-0.15, -0.1) is 0 Å². The number of nitrogens with one attached hydrogen (secondary N) is 2. The van der Waals surface area contributed by atoms with E-state index in [9.17, 15) is 9.59 Å². The number of nitrogens with zero attached hydrogens (tertiary/aromatic N) is 4. The maximum absolute atomic E-state index is 13.4. The molecule has 6 rings (SSSR count). The second-order valence-corrected chi connectivity index (χ2v) is 9.63. The van der Waals surface area contributed by atoms with Gasteiger partial charge in [0.15, 0.2) is 5.82 Å². The zero-order valence-electron chi connectivity index (χ0n) is 22.5. The molecule has 5 aromatic rings. The number of amides is 2. The van der Waals surface area contributed by atoms with Gasteiger partial charge in [0.2, 0.25) is 11.8 Å². The third kappa shape index (κ3) is 5.42. The molecule has 0 unspecified atom stereocenters. The summed E-state index contributed by atoms with van der Waals surface area (Å²) in [5.41, 5.74) is 6.07. The second-order valence-electron chi connectivity index (χ2n) is 9.63. The van der Waals surface area contributed by atoms with Crippen molar-refractivity contribution in [3.63, 3.8) is 0 Å². The lowest BCUT2D eigenvalue weighted by molar-refractivity contribution is -0.118. The molecule has 2 amide bonds. The van der Waals surface area contributed by atoms with E-state index >= 15 is 0 Å². The first kappa shape index (κ1) is 25.9. The van der Waals surface area contributed by atoms with Gasteiger partial charge in [-0.2, -0.15) is 0 Å². The van der Waals surface area contributed by atoms with E-state index in [1.807, 2.05) is 73.7 Å². The van der Waals surface area contributed by atoms with Crippen molar-refractivity contribution in [2.24, 2.45) is 0 Å². The lowest BCUT2D eigenvalue weighted by Gasteiger charge is -2.31. The first-order valence-electron chi connectivity index (χ1n) is 13.4. The molecule has 0 atom stereocenters. The van der Waals surface area contributed by atoms with Gasteiger partial charge in [-0.05, 0) is 30.7 Å². The van der Waals surface area contributed by atoms with Crippen LogP contribution in [0.3, 0.4) is 0 Å². The molecule has 9 nitrogen and oxygen atoms in total. The van der Waals surface area contributed by atoms with E-state index in [4.69, 9.17) is 14.7 Å². The highest BCUT2D eigenvalue weighted by Gasteiger charge is 2.29. The maximum Gasteiger partial charge on any atom is 0.267 e. The first-order chi connectivity index (χ1) is 20.1. The summed E-state index contributed by atoms with van der Waals surface area (Å²) in [5.74, 6) is 0.514. The fourth-order valence-corrected chi connectivity index (χ4v) is 4.88. The van der Waals surface area contributed by atoms with E-state index < -0.39 is 0 Å². The third-order valence-corrected chi connectivity index (χ3v) is 6.97. The largest absolute Gasteiger partial charge is 0.474 e. The lowest BCUT2D eigenvalue weighted by atomic mass is 10.0. The topological polar surface area (TPSA) is 113 Å². The minimum Gasteiger partial charge on any atom is -0.474 e. The molecule has 0 spiro atoms. The van der Waals surface area contributed by atoms with Crippen molar-refractivity contribution >= 4 is 17.5 Å². The van der Waals surface area contributed by atoms with Crippen molar-refractivity contribution in [1.29, 1.82) is 0 Å². The summed E-state index contributed by atoms with van der Waals surface area (Å²) in [4.78, 5) is 44.6. The van der Waals surface area contributed by atoms with Crippen LogP contribution in [0.15, 0.2) is 91.3 Å². The Morgan fingerprint density at radius 3 is 2.27 bits per heavy atom. The Hall–Kier alpha value is -5.31. The molecule has 0 aliphatic carbocycles. The van der Waals surface area contributed by atoms with Crippen LogP contribution in [0.1, 0.15) is 22.5 Å². The van der Waals surface area contributed by atoms with Crippen LogP contribution in [-0.2, 0) is 4.79 Å². The number of rotatable bonds is 7. The number of hydrogen-bond donors (Lipinski definition) is 2. The van der Waals surface area contributed by atoms with E-state index in [0.29, 0.717) is 41.8 Å². The summed E-state index contributed by atoms with van der Waals surface area (Å²) in [6.07, 6.45) is 3.52. The Balaban J connectivity index is 1.34. The van der Waals surface area contributed by atoms with Crippen molar-refractivity contribution in [3.8, 4) is 39.8 Å². The number of anilines is 1.